The molecule has 8 nitrogen and oxygen atoms in total. The number of aromatic amines is 1. The predicted octanol–water partition coefficient (Wildman–Crippen LogP) is 5.11. The minimum absolute atomic E-state index is 0.0447. The number of H-pyrrole nitrogens is 1. The average molecular weight is 513 g/mol. The van der Waals surface area contributed by atoms with E-state index in [1.165, 1.54) is 13.2 Å². The van der Waals surface area contributed by atoms with Gasteiger partial charge in [-0.15, -0.1) is 0 Å². The van der Waals surface area contributed by atoms with Crippen LogP contribution in [0.15, 0.2) is 42.7 Å². The van der Waals surface area contributed by atoms with E-state index in [1.54, 1.807) is 30.5 Å². The largest absolute Gasteiger partial charge is 0.481 e. The number of rotatable bonds is 6. The Labute approximate surface area is 210 Å². The van der Waals surface area contributed by atoms with Crippen LogP contribution in [0, 0.1) is 11.6 Å². The molecule has 36 heavy (non-hydrogen) atoms. The van der Waals surface area contributed by atoms with Crippen molar-refractivity contribution in [2.24, 2.45) is 0 Å². The van der Waals surface area contributed by atoms with Gasteiger partial charge in [-0.1, -0.05) is 17.7 Å². The van der Waals surface area contributed by atoms with E-state index in [-0.39, 0.29) is 45.9 Å². The molecule has 1 aromatic carbocycles. The highest BCUT2D eigenvalue weighted by Crippen LogP contribution is 2.32. The van der Waals surface area contributed by atoms with Crippen LogP contribution in [0.2, 0.25) is 5.02 Å². The van der Waals surface area contributed by atoms with Gasteiger partial charge in [-0.05, 0) is 43.9 Å². The van der Waals surface area contributed by atoms with Crippen molar-refractivity contribution in [2.45, 2.75) is 37.8 Å². The third-order valence-electron chi connectivity index (χ3n) is 6.21. The number of fused-ring (bicyclic) bond motifs is 1. The van der Waals surface area contributed by atoms with Gasteiger partial charge < -0.3 is 20.4 Å². The number of hydrogen-bond acceptors (Lipinski definition) is 6. The number of nitrogens with one attached hydrogen (secondary N) is 3. The molecular formula is C25H23ClF2N6O2. The molecule has 0 spiro atoms. The minimum atomic E-state index is -0.602. The first-order chi connectivity index (χ1) is 17.4. The molecule has 3 aromatic heterocycles. The lowest BCUT2D eigenvalue weighted by Gasteiger charge is -2.30. The van der Waals surface area contributed by atoms with Gasteiger partial charge in [0.25, 0.3) is 5.91 Å². The number of anilines is 1. The van der Waals surface area contributed by atoms with Crippen molar-refractivity contribution in [3.8, 4) is 17.3 Å². The minimum Gasteiger partial charge on any atom is -0.481 e. The van der Waals surface area contributed by atoms with Crippen molar-refractivity contribution in [1.29, 1.82) is 0 Å². The topological polar surface area (TPSA) is 105 Å². The Morgan fingerprint density at radius 2 is 2.00 bits per heavy atom. The second-order valence-electron chi connectivity index (χ2n) is 8.65. The molecule has 11 heteroatoms. The molecule has 1 aliphatic rings. The summed E-state index contributed by atoms with van der Waals surface area (Å²) in [5.74, 6) is -0.751. The van der Waals surface area contributed by atoms with Crippen molar-refractivity contribution in [3.05, 3.63) is 65.1 Å². The van der Waals surface area contributed by atoms with E-state index in [2.05, 4.69) is 30.6 Å². The Hall–Kier alpha value is -3.79. The number of aromatic nitrogens is 4. The van der Waals surface area contributed by atoms with Crippen LogP contribution in [0.25, 0.3) is 22.3 Å². The Balaban J connectivity index is 1.31. The molecule has 1 aliphatic carbocycles. The smallest absolute Gasteiger partial charge is 0.270 e. The van der Waals surface area contributed by atoms with Gasteiger partial charge in [0, 0.05) is 40.3 Å². The van der Waals surface area contributed by atoms with Crippen molar-refractivity contribution in [2.75, 3.05) is 12.4 Å². The van der Waals surface area contributed by atoms with Gasteiger partial charge in [0.05, 0.1) is 18.8 Å². The van der Waals surface area contributed by atoms with Crippen LogP contribution in [0.5, 0.6) is 5.88 Å². The standard InChI is InChI=1S/C25H23ClF2N6O2/c1-36-21-7-3-6-20(33-21)25(35)32-15-5-2-4-14(10-15)31-24-19(28)12-30-23(34-24)17-11-29-22-16(17)8-13(26)9-18(22)27/h3,6-9,11-12,14-15,29H,2,4-5,10H2,1H3,(H,32,35)(H,30,31,34)/t14-,15+/m0/s1. The number of benzene rings is 1. The molecule has 2 atom stereocenters. The van der Waals surface area contributed by atoms with Gasteiger partial charge in [0.15, 0.2) is 17.5 Å². The number of nitrogens with zero attached hydrogens (tertiary/aromatic N) is 3. The zero-order valence-electron chi connectivity index (χ0n) is 19.3. The van der Waals surface area contributed by atoms with Crippen LogP contribution in [-0.2, 0) is 0 Å². The summed E-state index contributed by atoms with van der Waals surface area (Å²) in [6.45, 7) is 0. The number of amides is 1. The van der Waals surface area contributed by atoms with Crippen molar-refractivity contribution in [3.63, 3.8) is 0 Å². The van der Waals surface area contributed by atoms with E-state index in [0.29, 0.717) is 23.3 Å². The van der Waals surface area contributed by atoms with Gasteiger partial charge >= 0.3 is 0 Å². The maximum absolute atomic E-state index is 14.6. The Bertz CT molecular complexity index is 1430. The number of hydrogen-bond donors (Lipinski definition) is 3. The fourth-order valence-corrected chi connectivity index (χ4v) is 4.70. The van der Waals surface area contributed by atoms with Crippen molar-refractivity contribution < 1.29 is 18.3 Å². The van der Waals surface area contributed by atoms with Crippen molar-refractivity contribution >= 4 is 34.2 Å². The third kappa shape index (κ3) is 4.94. The second-order valence-corrected chi connectivity index (χ2v) is 9.08. The predicted molar refractivity (Wildman–Crippen MR) is 132 cm³/mol. The summed E-state index contributed by atoms with van der Waals surface area (Å²) >= 11 is 6.02. The summed E-state index contributed by atoms with van der Waals surface area (Å²) in [6.07, 6.45) is 5.67. The van der Waals surface area contributed by atoms with Gasteiger partial charge in [0.2, 0.25) is 5.88 Å². The van der Waals surface area contributed by atoms with Crippen LogP contribution in [-0.4, -0.2) is 45.0 Å². The molecule has 3 heterocycles. The fourth-order valence-electron chi connectivity index (χ4n) is 4.50. The SMILES string of the molecule is COc1cccc(C(=O)N[C@@H]2CCC[C@H](Nc3nc(-c4c[nH]c5c(F)cc(Cl)cc45)ncc3F)C2)n1. The van der Waals surface area contributed by atoms with E-state index in [4.69, 9.17) is 16.3 Å². The first-order valence-electron chi connectivity index (χ1n) is 11.5. The highest BCUT2D eigenvalue weighted by atomic mass is 35.5. The molecular weight excluding hydrogens is 490 g/mol. The molecule has 0 radical (unpaired) electrons. The summed E-state index contributed by atoms with van der Waals surface area (Å²) in [7, 11) is 1.49. The molecule has 186 valence electrons. The lowest BCUT2D eigenvalue weighted by atomic mass is 9.91. The van der Waals surface area contributed by atoms with Crippen molar-refractivity contribution in [1.82, 2.24) is 25.3 Å². The van der Waals surface area contributed by atoms with Crippen LogP contribution < -0.4 is 15.4 Å². The van der Waals surface area contributed by atoms with Gasteiger partial charge in [0.1, 0.15) is 11.5 Å². The zero-order chi connectivity index (χ0) is 25.2. The summed E-state index contributed by atoms with van der Waals surface area (Å²) in [5, 5.41) is 6.91. The number of halogens is 3. The number of carbonyl (C=O) groups excluding carboxylic acids is 1. The Kier molecular flexibility index (Phi) is 6.69. The van der Waals surface area contributed by atoms with Gasteiger partial charge in [-0.2, -0.15) is 0 Å². The van der Waals surface area contributed by atoms with Crippen LogP contribution in [0.1, 0.15) is 36.2 Å². The molecule has 1 amide bonds. The first kappa shape index (κ1) is 23.9. The van der Waals surface area contributed by atoms with E-state index >= 15 is 0 Å². The number of pyridine rings is 1. The maximum Gasteiger partial charge on any atom is 0.270 e. The molecule has 3 N–H and O–H groups in total. The van der Waals surface area contributed by atoms with E-state index in [0.717, 1.165) is 25.5 Å². The highest BCUT2D eigenvalue weighted by Gasteiger charge is 2.25. The fraction of sp³-hybridized carbons (Fsp3) is 0.280. The Morgan fingerprint density at radius 3 is 2.83 bits per heavy atom. The van der Waals surface area contributed by atoms with Crippen LogP contribution in [0.3, 0.4) is 0 Å². The monoisotopic (exact) mass is 512 g/mol. The molecule has 0 aliphatic heterocycles. The summed E-state index contributed by atoms with van der Waals surface area (Å²) in [4.78, 5) is 28.2. The molecule has 1 saturated carbocycles. The molecule has 4 aromatic rings. The molecule has 0 bridgehead atoms. The maximum atomic E-state index is 14.6. The Morgan fingerprint density at radius 1 is 1.17 bits per heavy atom. The first-order valence-corrected chi connectivity index (χ1v) is 11.9. The summed E-state index contributed by atoms with van der Waals surface area (Å²) in [6, 6.07) is 7.59. The lowest BCUT2D eigenvalue weighted by Crippen LogP contribution is -2.42. The van der Waals surface area contributed by atoms with Gasteiger partial charge in [-0.3, -0.25) is 4.79 Å². The molecule has 5 rings (SSSR count). The second kappa shape index (κ2) is 10.1. The van der Waals surface area contributed by atoms with Gasteiger partial charge in [-0.25, -0.2) is 23.7 Å². The number of ether oxygens (including phenoxy) is 1. The normalized spacial score (nSPS) is 17.7. The highest BCUT2D eigenvalue weighted by molar-refractivity contribution is 6.31. The zero-order valence-corrected chi connectivity index (χ0v) is 20.1. The average Bonchev–Trinajstić information content (AvgIpc) is 3.30. The summed E-state index contributed by atoms with van der Waals surface area (Å²) in [5.41, 5.74) is 1.05. The van der Waals surface area contributed by atoms with E-state index in [9.17, 15) is 13.6 Å². The lowest BCUT2D eigenvalue weighted by molar-refractivity contribution is 0.0920. The van der Waals surface area contributed by atoms with Crippen LogP contribution >= 0.6 is 11.6 Å². The number of methoxy groups -OCH3 is 1. The third-order valence-corrected chi connectivity index (χ3v) is 6.42. The quantitative estimate of drug-likeness (QED) is 0.331. The van der Waals surface area contributed by atoms with Crippen LogP contribution in [0.4, 0.5) is 14.6 Å². The van der Waals surface area contributed by atoms with E-state index in [1.807, 2.05) is 0 Å². The molecule has 0 saturated heterocycles. The van der Waals surface area contributed by atoms with E-state index < -0.39 is 11.6 Å². The molecule has 0 unspecified atom stereocenters. The molecule has 1 fully saturated rings. The number of carbonyl (C=O) groups is 1. The summed E-state index contributed by atoms with van der Waals surface area (Å²) < 4.78 is 34.0.